The van der Waals surface area contributed by atoms with Crippen LogP contribution in [-0.4, -0.2) is 26.4 Å². The van der Waals surface area contributed by atoms with Crippen LogP contribution in [0.25, 0.3) is 0 Å². The van der Waals surface area contributed by atoms with Crippen LogP contribution in [0, 0.1) is 0 Å². The third-order valence-electron chi connectivity index (χ3n) is 2.79. The van der Waals surface area contributed by atoms with E-state index in [-0.39, 0.29) is 17.4 Å². The Labute approximate surface area is 116 Å². The third kappa shape index (κ3) is 1.88. The number of benzene rings is 1. The highest BCUT2D eigenvalue weighted by Crippen LogP contribution is 2.48. The van der Waals surface area contributed by atoms with Gasteiger partial charge in [-0.2, -0.15) is 13.8 Å². The summed E-state index contributed by atoms with van der Waals surface area (Å²) in [4.78, 5) is 3.47. The minimum absolute atomic E-state index is 0.107. The van der Waals surface area contributed by atoms with Crippen molar-refractivity contribution in [3.05, 3.63) is 30.0 Å². The van der Waals surface area contributed by atoms with Gasteiger partial charge >= 0.3 is 11.9 Å². The van der Waals surface area contributed by atoms with Crippen molar-refractivity contribution in [2.45, 2.75) is 11.9 Å². The van der Waals surface area contributed by atoms with Crippen molar-refractivity contribution in [2.75, 3.05) is 11.5 Å². The molecule has 1 aliphatic rings. The lowest BCUT2D eigenvalue weighted by molar-refractivity contribution is -0.378. The van der Waals surface area contributed by atoms with Crippen molar-refractivity contribution < 1.29 is 23.4 Å². The maximum atomic E-state index is 14.1. The molecule has 1 unspecified atom stereocenters. The maximum Gasteiger partial charge on any atom is 0.473 e. The third-order valence-corrected chi connectivity index (χ3v) is 2.79. The second-order valence-corrected chi connectivity index (χ2v) is 4.22. The Morgan fingerprint density at radius 1 is 1.05 bits per heavy atom. The quantitative estimate of drug-likeness (QED) is 0.682. The average molecular weight is 297 g/mol. The highest BCUT2D eigenvalue weighted by Gasteiger charge is 2.65. The molecule has 2 heterocycles. The number of hydrogen-bond acceptors (Lipinski definition) is 8. The van der Waals surface area contributed by atoms with Crippen LogP contribution in [0.5, 0.6) is 11.5 Å². The number of anilines is 2. The van der Waals surface area contributed by atoms with E-state index >= 15 is 0 Å². The van der Waals surface area contributed by atoms with E-state index in [0.29, 0.717) is 0 Å². The van der Waals surface area contributed by atoms with Gasteiger partial charge in [0, 0.05) is 0 Å². The first-order valence-corrected chi connectivity index (χ1v) is 5.67. The van der Waals surface area contributed by atoms with Gasteiger partial charge < -0.3 is 26.0 Å². The number of fused-ring (bicyclic) bond motifs is 1. The molecule has 110 valence electrons. The average Bonchev–Trinajstić information content (AvgIpc) is 2.39. The van der Waals surface area contributed by atoms with Crippen molar-refractivity contribution in [3.8, 4) is 11.5 Å². The van der Waals surface area contributed by atoms with Crippen LogP contribution in [0.3, 0.4) is 0 Å². The smallest absolute Gasteiger partial charge is 0.444 e. The molecule has 0 spiro atoms. The fraction of sp³-hybridized carbons (Fsp3) is 0.182. The second-order valence-electron chi connectivity index (χ2n) is 4.22. The number of ether oxygens (including phenoxy) is 2. The first-order chi connectivity index (χ1) is 9.83. The van der Waals surface area contributed by atoms with Crippen molar-refractivity contribution in [1.82, 2.24) is 15.2 Å². The molecule has 10 heteroatoms. The van der Waals surface area contributed by atoms with Crippen LogP contribution in [0.4, 0.5) is 20.5 Å². The predicted molar refractivity (Wildman–Crippen MR) is 65.2 cm³/mol. The zero-order valence-electron chi connectivity index (χ0n) is 10.3. The van der Waals surface area contributed by atoms with E-state index in [1.54, 1.807) is 0 Å². The first kappa shape index (κ1) is 13.2. The van der Waals surface area contributed by atoms with Gasteiger partial charge in [-0.05, 0) is 12.1 Å². The molecule has 0 bridgehead atoms. The zero-order chi connectivity index (χ0) is 15.3. The molecule has 8 nitrogen and oxygen atoms in total. The number of rotatable bonds is 1. The summed E-state index contributed by atoms with van der Waals surface area (Å²) < 4.78 is 37.7. The number of halogens is 2. The number of aliphatic hydroxyl groups is 1. The Hall–Kier alpha value is -2.75. The van der Waals surface area contributed by atoms with E-state index in [4.69, 9.17) is 16.2 Å². The molecule has 0 saturated carbocycles. The summed E-state index contributed by atoms with van der Waals surface area (Å²) in [6.07, 6.45) is -4.16. The molecular weight excluding hydrogens is 288 g/mol. The summed E-state index contributed by atoms with van der Waals surface area (Å²) >= 11 is 0. The molecule has 1 atom stereocenters. The van der Waals surface area contributed by atoms with E-state index in [0.717, 1.165) is 0 Å². The summed E-state index contributed by atoms with van der Waals surface area (Å²) in [7, 11) is 0. The Balaban J connectivity index is 2.15. The van der Waals surface area contributed by atoms with Crippen LogP contribution in [0.1, 0.15) is 5.69 Å². The molecule has 1 aliphatic heterocycles. The number of para-hydroxylation sites is 2. The van der Waals surface area contributed by atoms with Gasteiger partial charge in [0.05, 0.1) is 0 Å². The summed E-state index contributed by atoms with van der Waals surface area (Å²) in [5.41, 5.74) is 9.90. The number of alkyl halides is 2. The Morgan fingerprint density at radius 2 is 1.67 bits per heavy atom. The number of hydrogen-bond donors (Lipinski definition) is 3. The number of nitrogens with zero attached hydrogens (tertiary/aromatic N) is 3. The minimum atomic E-state index is -4.16. The van der Waals surface area contributed by atoms with Gasteiger partial charge in [0.1, 0.15) is 0 Å². The lowest BCUT2D eigenvalue weighted by atomic mass is 10.1. The molecule has 0 saturated heterocycles. The lowest BCUT2D eigenvalue weighted by Gasteiger charge is -2.38. The van der Waals surface area contributed by atoms with Crippen LogP contribution < -0.4 is 20.9 Å². The van der Waals surface area contributed by atoms with Crippen molar-refractivity contribution in [2.24, 2.45) is 0 Å². The maximum absolute atomic E-state index is 14.1. The standard InChI is InChI=1S/C11H9F2N5O3/c12-11(13)10(19,7-8(14)16-9(15)18-17-7)20-5-3-1-2-4-6(5)21-11/h1-4,19H,(H4,14,15,16,18). The molecule has 0 amide bonds. The normalized spacial score (nSPS) is 22.8. The Kier molecular flexibility index (Phi) is 2.60. The Bertz CT molecular complexity index is 714. The summed E-state index contributed by atoms with van der Waals surface area (Å²) in [5.74, 6) is -4.50. The fourth-order valence-corrected chi connectivity index (χ4v) is 1.82. The molecule has 1 aromatic heterocycles. The zero-order valence-corrected chi connectivity index (χ0v) is 10.3. The number of nitrogen functional groups attached to an aromatic ring is 2. The molecule has 0 aliphatic carbocycles. The van der Waals surface area contributed by atoms with Gasteiger partial charge in [-0.25, -0.2) is 0 Å². The van der Waals surface area contributed by atoms with E-state index in [9.17, 15) is 13.9 Å². The summed E-state index contributed by atoms with van der Waals surface area (Å²) in [5, 5.41) is 16.9. The molecule has 0 radical (unpaired) electrons. The molecule has 5 N–H and O–H groups in total. The van der Waals surface area contributed by atoms with Crippen molar-refractivity contribution in [3.63, 3.8) is 0 Å². The van der Waals surface area contributed by atoms with Gasteiger partial charge in [0.15, 0.2) is 23.0 Å². The predicted octanol–water partition coefficient (Wildman–Crippen LogP) is 0.245. The monoisotopic (exact) mass is 297 g/mol. The SMILES string of the molecule is Nc1nnc(C2(O)Oc3ccccc3OC2(F)F)c(N)n1. The lowest BCUT2D eigenvalue weighted by Crippen LogP contribution is -2.56. The summed E-state index contributed by atoms with van der Waals surface area (Å²) in [6.45, 7) is 0. The van der Waals surface area contributed by atoms with Gasteiger partial charge in [0.2, 0.25) is 5.95 Å². The highest BCUT2D eigenvalue weighted by atomic mass is 19.3. The molecule has 2 aromatic rings. The topological polar surface area (TPSA) is 129 Å². The number of aromatic nitrogens is 3. The minimum Gasteiger partial charge on any atom is -0.444 e. The van der Waals surface area contributed by atoms with E-state index in [1.807, 2.05) is 0 Å². The summed E-state index contributed by atoms with van der Waals surface area (Å²) in [6, 6.07) is 5.59. The van der Waals surface area contributed by atoms with Gasteiger partial charge in [-0.3, -0.25) is 0 Å². The molecule has 1 aromatic carbocycles. The first-order valence-electron chi connectivity index (χ1n) is 5.67. The molecular formula is C11H9F2N5O3. The number of nitrogens with two attached hydrogens (primary N) is 2. The largest absolute Gasteiger partial charge is 0.473 e. The van der Waals surface area contributed by atoms with Gasteiger partial charge in [-0.1, -0.05) is 12.1 Å². The van der Waals surface area contributed by atoms with Crippen LogP contribution in [0.2, 0.25) is 0 Å². The van der Waals surface area contributed by atoms with E-state index in [2.05, 4.69) is 19.9 Å². The molecule has 0 fully saturated rings. The van der Waals surface area contributed by atoms with Crippen LogP contribution in [-0.2, 0) is 5.79 Å². The molecule has 3 rings (SSSR count). The van der Waals surface area contributed by atoms with Gasteiger partial charge in [0.25, 0.3) is 0 Å². The van der Waals surface area contributed by atoms with Crippen molar-refractivity contribution in [1.29, 1.82) is 0 Å². The van der Waals surface area contributed by atoms with Gasteiger partial charge in [-0.15, -0.1) is 10.2 Å². The van der Waals surface area contributed by atoms with Crippen LogP contribution in [0.15, 0.2) is 24.3 Å². The Morgan fingerprint density at radius 3 is 2.29 bits per heavy atom. The highest BCUT2D eigenvalue weighted by molar-refractivity contribution is 5.46. The van der Waals surface area contributed by atoms with Crippen LogP contribution >= 0.6 is 0 Å². The van der Waals surface area contributed by atoms with E-state index in [1.165, 1.54) is 24.3 Å². The second kappa shape index (κ2) is 4.12. The fourth-order valence-electron chi connectivity index (χ4n) is 1.82. The molecule has 21 heavy (non-hydrogen) atoms. The van der Waals surface area contributed by atoms with Crippen molar-refractivity contribution >= 4 is 11.8 Å². The van der Waals surface area contributed by atoms with E-state index < -0.39 is 23.4 Å².